The Morgan fingerprint density at radius 2 is 1.32 bits per heavy atom. The van der Waals surface area contributed by atoms with Crippen LogP contribution >= 0.6 is 0 Å². The Balaban J connectivity index is 2.65. The predicted molar refractivity (Wildman–Crippen MR) is 117 cm³/mol. The van der Waals surface area contributed by atoms with Crippen LogP contribution in [-0.4, -0.2) is 75.2 Å². The number of benzene rings is 1. The summed E-state index contributed by atoms with van der Waals surface area (Å²) in [6, 6.07) is 8.38. The fourth-order valence-electron chi connectivity index (χ4n) is 3.25. The van der Waals surface area contributed by atoms with Crippen LogP contribution in [0.1, 0.15) is 43.7 Å². The van der Waals surface area contributed by atoms with Crippen LogP contribution in [0.2, 0.25) is 0 Å². The van der Waals surface area contributed by atoms with E-state index in [-0.39, 0.29) is 11.9 Å². The zero-order chi connectivity index (χ0) is 22.9. The molecule has 0 unspecified atom stereocenters. The van der Waals surface area contributed by atoms with Crippen molar-refractivity contribution in [1.82, 2.24) is 9.80 Å². The number of carbonyl (C=O) groups is 3. The minimum atomic E-state index is -0.243. The molecule has 0 spiro atoms. The van der Waals surface area contributed by atoms with E-state index in [0.717, 1.165) is 25.1 Å². The Kier molecular flexibility index (Phi) is 14.0. The lowest BCUT2D eigenvalue weighted by molar-refractivity contribution is -0.141. The van der Waals surface area contributed by atoms with Gasteiger partial charge in [0.2, 0.25) is 0 Å². The minimum Gasteiger partial charge on any atom is -0.469 e. The van der Waals surface area contributed by atoms with E-state index < -0.39 is 0 Å². The first-order chi connectivity index (χ1) is 15.0. The maximum atomic E-state index is 11.5. The van der Waals surface area contributed by atoms with Crippen molar-refractivity contribution in [3.63, 3.8) is 0 Å². The Labute approximate surface area is 185 Å². The van der Waals surface area contributed by atoms with E-state index >= 15 is 0 Å². The van der Waals surface area contributed by atoms with Gasteiger partial charge in [-0.2, -0.15) is 0 Å². The topological polar surface area (TPSA) is 85.4 Å². The molecular weight excluding hydrogens is 400 g/mol. The molecule has 0 heterocycles. The van der Waals surface area contributed by atoms with Crippen LogP contribution < -0.4 is 0 Å². The highest BCUT2D eigenvalue weighted by Gasteiger charge is 2.11. The van der Waals surface area contributed by atoms with Crippen molar-refractivity contribution in [3.8, 4) is 0 Å². The summed E-state index contributed by atoms with van der Waals surface area (Å²) >= 11 is 0. The highest BCUT2D eigenvalue weighted by molar-refractivity contribution is 5.69. The summed E-state index contributed by atoms with van der Waals surface area (Å²) in [5, 5.41) is 0. The second kappa shape index (κ2) is 16.3. The van der Waals surface area contributed by atoms with Gasteiger partial charge in [0.05, 0.1) is 33.7 Å². The van der Waals surface area contributed by atoms with E-state index in [9.17, 15) is 14.4 Å². The average molecular weight is 437 g/mol. The summed E-state index contributed by atoms with van der Waals surface area (Å²) in [7, 11) is 2.80. The quantitative estimate of drug-likeness (QED) is 0.159. The molecule has 0 amide bonds. The van der Waals surface area contributed by atoms with E-state index in [1.165, 1.54) is 19.8 Å². The van der Waals surface area contributed by atoms with E-state index in [2.05, 4.69) is 41.0 Å². The SMILES string of the molecule is CCCN(CCC(=O)OC)Cc1ccc(CN(CCCOC=O)CCC(=O)OC)cc1. The van der Waals surface area contributed by atoms with Crippen LogP contribution in [0.15, 0.2) is 24.3 Å². The summed E-state index contributed by atoms with van der Waals surface area (Å²) in [5.41, 5.74) is 2.32. The highest BCUT2D eigenvalue weighted by atomic mass is 16.5. The molecule has 8 nitrogen and oxygen atoms in total. The van der Waals surface area contributed by atoms with Crippen LogP contribution in [0.4, 0.5) is 0 Å². The van der Waals surface area contributed by atoms with Gasteiger partial charge in [-0.05, 0) is 30.5 Å². The number of rotatable bonds is 17. The van der Waals surface area contributed by atoms with E-state index in [0.29, 0.717) is 58.5 Å². The first-order valence-electron chi connectivity index (χ1n) is 10.7. The molecule has 1 aromatic rings. The first-order valence-corrected chi connectivity index (χ1v) is 10.7. The average Bonchev–Trinajstić information content (AvgIpc) is 2.79. The molecule has 0 aliphatic heterocycles. The zero-order valence-electron chi connectivity index (χ0n) is 19.0. The maximum Gasteiger partial charge on any atom is 0.306 e. The molecule has 0 saturated heterocycles. The van der Waals surface area contributed by atoms with E-state index in [1.54, 1.807) is 0 Å². The Morgan fingerprint density at radius 1 is 0.839 bits per heavy atom. The van der Waals surface area contributed by atoms with Crippen LogP contribution in [0.25, 0.3) is 0 Å². The molecule has 0 atom stereocenters. The molecule has 0 aliphatic rings. The lowest BCUT2D eigenvalue weighted by Gasteiger charge is -2.23. The fraction of sp³-hybridized carbons (Fsp3) is 0.609. The third-order valence-corrected chi connectivity index (χ3v) is 4.90. The molecule has 1 rings (SSSR count). The third-order valence-electron chi connectivity index (χ3n) is 4.90. The summed E-state index contributed by atoms with van der Waals surface area (Å²) < 4.78 is 14.2. The summed E-state index contributed by atoms with van der Waals surface area (Å²) in [5.74, 6) is -0.436. The molecule has 0 aliphatic carbocycles. The van der Waals surface area contributed by atoms with Crippen LogP contribution in [0.3, 0.4) is 0 Å². The van der Waals surface area contributed by atoms with Crippen molar-refractivity contribution in [2.45, 2.75) is 45.7 Å². The van der Waals surface area contributed by atoms with Crippen LogP contribution in [-0.2, 0) is 41.7 Å². The largest absolute Gasteiger partial charge is 0.469 e. The normalized spacial score (nSPS) is 10.9. The standard InChI is InChI=1S/C23H36N2O6/c1-4-12-24(14-10-22(27)29-2)17-20-6-8-21(9-7-20)18-25(13-5-16-31-19-26)15-11-23(28)30-3/h6-9,19H,4-5,10-18H2,1-3H3. The van der Waals surface area contributed by atoms with Crippen LogP contribution in [0, 0.1) is 0 Å². The lowest BCUT2D eigenvalue weighted by atomic mass is 10.1. The third kappa shape index (κ3) is 12.1. The van der Waals surface area contributed by atoms with Gasteiger partial charge in [0.15, 0.2) is 0 Å². The summed E-state index contributed by atoms with van der Waals surface area (Å²) in [6.45, 7) is 7.28. The molecule has 8 heteroatoms. The van der Waals surface area contributed by atoms with Crippen molar-refractivity contribution in [1.29, 1.82) is 0 Å². The van der Waals surface area contributed by atoms with Gasteiger partial charge in [-0.3, -0.25) is 24.2 Å². The van der Waals surface area contributed by atoms with Crippen molar-refractivity contribution < 1.29 is 28.6 Å². The number of hydrogen-bond acceptors (Lipinski definition) is 8. The van der Waals surface area contributed by atoms with Gasteiger partial charge in [0, 0.05) is 32.7 Å². The number of carbonyl (C=O) groups excluding carboxylic acids is 3. The molecule has 0 bridgehead atoms. The van der Waals surface area contributed by atoms with Gasteiger partial charge in [-0.1, -0.05) is 31.2 Å². The summed E-state index contributed by atoms with van der Waals surface area (Å²) in [4.78, 5) is 37.7. The van der Waals surface area contributed by atoms with Gasteiger partial charge in [0.1, 0.15) is 0 Å². The maximum absolute atomic E-state index is 11.5. The van der Waals surface area contributed by atoms with Crippen molar-refractivity contribution in [2.24, 2.45) is 0 Å². The second-order valence-electron chi connectivity index (χ2n) is 7.34. The molecule has 0 aromatic heterocycles. The molecule has 31 heavy (non-hydrogen) atoms. The van der Waals surface area contributed by atoms with Gasteiger partial charge in [-0.15, -0.1) is 0 Å². The Hall–Kier alpha value is -2.45. The van der Waals surface area contributed by atoms with Gasteiger partial charge in [-0.25, -0.2) is 0 Å². The number of esters is 2. The number of nitrogens with zero attached hydrogens (tertiary/aromatic N) is 2. The Morgan fingerprint density at radius 3 is 1.74 bits per heavy atom. The monoisotopic (exact) mass is 436 g/mol. The first kappa shape index (κ1) is 26.6. The number of hydrogen-bond donors (Lipinski definition) is 0. The highest BCUT2D eigenvalue weighted by Crippen LogP contribution is 2.12. The minimum absolute atomic E-state index is 0.193. The summed E-state index contributed by atoms with van der Waals surface area (Å²) in [6.07, 6.45) is 2.42. The smallest absolute Gasteiger partial charge is 0.306 e. The molecule has 174 valence electrons. The Bertz CT molecular complexity index is 650. The number of ether oxygens (including phenoxy) is 3. The van der Waals surface area contributed by atoms with E-state index in [1.807, 2.05) is 0 Å². The van der Waals surface area contributed by atoms with Gasteiger partial charge in [0.25, 0.3) is 6.47 Å². The fourth-order valence-corrected chi connectivity index (χ4v) is 3.25. The predicted octanol–water partition coefficient (Wildman–Crippen LogP) is 2.39. The molecular formula is C23H36N2O6. The van der Waals surface area contributed by atoms with Crippen molar-refractivity contribution >= 4 is 18.4 Å². The van der Waals surface area contributed by atoms with E-state index in [4.69, 9.17) is 14.2 Å². The molecule has 0 N–H and O–H groups in total. The molecule has 0 fully saturated rings. The molecule has 0 radical (unpaired) electrons. The zero-order valence-corrected chi connectivity index (χ0v) is 19.0. The molecule has 0 saturated carbocycles. The van der Waals surface area contributed by atoms with Gasteiger partial charge < -0.3 is 14.2 Å². The second-order valence-corrected chi connectivity index (χ2v) is 7.34. The van der Waals surface area contributed by atoms with Crippen molar-refractivity contribution in [2.75, 3.05) is 47.0 Å². The lowest BCUT2D eigenvalue weighted by Crippen LogP contribution is -2.28. The van der Waals surface area contributed by atoms with Gasteiger partial charge >= 0.3 is 11.9 Å². The van der Waals surface area contributed by atoms with Crippen LogP contribution in [0.5, 0.6) is 0 Å². The number of methoxy groups -OCH3 is 2. The van der Waals surface area contributed by atoms with Crippen molar-refractivity contribution in [3.05, 3.63) is 35.4 Å². The molecule has 1 aromatic carbocycles.